The third-order valence-electron chi connectivity index (χ3n) is 5.85. The Morgan fingerprint density at radius 1 is 0.966 bits per heavy atom. The first-order chi connectivity index (χ1) is 13.4. The molecular weight excluding hydrogens is 392 g/mol. The largest absolute Gasteiger partial charge is 0.494 e. The minimum absolute atomic E-state index is 0.0982. The Kier molecular flexibility index (Phi) is 4.46. The number of rotatable bonds is 3. The van der Waals surface area contributed by atoms with Crippen molar-refractivity contribution < 1.29 is 22.1 Å². The predicted molar refractivity (Wildman–Crippen MR) is 111 cm³/mol. The maximum atomic E-state index is 14.5. The zero-order chi connectivity index (χ0) is 21.2. The van der Waals surface area contributed by atoms with E-state index in [2.05, 4.69) is 0 Å². The van der Waals surface area contributed by atoms with E-state index in [-0.39, 0.29) is 15.8 Å². The van der Waals surface area contributed by atoms with Gasteiger partial charge in [0.05, 0.1) is 27.8 Å². The first-order valence-electron chi connectivity index (χ1n) is 9.41. The second-order valence-corrected chi connectivity index (χ2v) is 10.3. The monoisotopic (exact) mass is 415 g/mol. The summed E-state index contributed by atoms with van der Waals surface area (Å²) in [6, 6.07) is 11.4. The van der Waals surface area contributed by atoms with Gasteiger partial charge in [0, 0.05) is 5.39 Å². The third kappa shape index (κ3) is 3.19. The summed E-state index contributed by atoms with van der Waals surface area (Å²) in [5, 5.41) is 0.223. The van der Waals surface area contributed by atoms with E-state index in [1.165, 1.54) is 12.1 Å². The summed E-state index contributed by atoms with van der Waals surface area (Å²) in [6.45, 7) is 9.63. The van der Waals surface area contributed by atoms with Crippen molar-refractivity contribution in [3.8, 4) is 0 Å². The van der Waals surface area contributed by atoms with E-state index < -0.39 is 34.2 Å². The maximum absolute atomic E-state index is 14.5. The molecule has 5 nitrogen and oxygen atoms in total. The molecule has 1 aromatic heterocycles. The maximum Gasteiger partial charge on any atom is 0.494 e. The number of halogens is 1. The van der Waals surface area contributed by atoms with Gasteiger partial charge in [-0.2, -0.15) is 0 Å². The lowest BCUT2D eigenvalue weighted by Gasteiger charge is -2.32. The topological polar surface area (TPSA) is 57.5 Å². The summed E-state index contributed by atoms with van der Waals surface area (Å²) in [6.07, 6.45) is 1.01. The fourth-order valence-electron chi connectivity index (χ4n) is 3.32. The molecule has 0 radical (unpaired) electrons. The Labute approximate surface area is 170 Å². The van der Waals surface area contributed by atoms with Crippen molar-refractivity contribution in [2.45, 2.75) is 50.7 Å². The molecular formula is C21H23BFNO4S. The van der Waals surface area contributed by atoms with Crippen LogP contribution in [0.15, 0.2) is 53.6 Å². The van der Waals surface area contributed by atoms with Gasteiger partial charge in [0.15, 0.2) is 0 Å². The quantitative estimate of drug-likeness (QED) is 0.614. The molecule has 0 amide bonds. The van der Waals surface area contributed by atoms with Crippen LogP contribution in [0.4, 0.5) is 4.39 Å². The van der Waals surface area contributed by atoms with Gasteiger partial charge in [-0.3, -0.25) is 0 Å². The Bertz CT molecular complexity index is 1180. The second-order valence-electron chi connectivity index (χ2n) is 8.46. The van der Waals surface area contributed by atoms with Crippen molar-refractivity contribution in [2.24, 2.45) is 0 Å². The minimum atomic E-state index is -3.95. The van der Waals surface area contributed by atoms with Gasteiger partial charge >= 0.3 is 7.12 Å². The van der Waals surface area contributed by atoms with E-state index in [4.69, 9.17) is 9.31 Å². The molecule has 1 aliphatic heterocycles. The Morgan fingerprint density at radius 3 is 2.14 bits per heavy atom. The van der Waals surface area contributed by atoms with Gasteiger partial charge in [-0.1, -0.05) is 29.8 Å². The van der Waals surface area contributed by atoms with Crippen molar-refractivity contribution in [3.63, 3.8) is 0 Å². The van der Waals surface area contributed by atoms with E-state index in [1.807, 2.05) is 34.6 Å². The molecule has 0 bridgehead atoms. The minimum Gasteiger partial charge on any atom is -0.399 e. The molecule has 0 spiro atoms. The number of hydrogen-bond acceptors (Lipinski definition) is 4. The molecule has 4 rings (SSSR count). The normalized spacial score (nSPS) is 18.5. The van der Waals surface area contributed by atoms with Crippen molar-refractivity contribution in [1.82, 2.24) is 3.97 Å². The van der Waals surface area contributed by atoms with E-state index in [9.17, 15) is 12.8 Å². The van der Waals surface area contributed by atoms with Crippen LogP contribution in [-0.2, 0) is 19.3 Å². The van der Waals surface area contributed by atoms with Gasteiger partial charge in [0.25, 0.3) is 10.0 Å². The van der Waals surface area contributed by atoms with E-state index >= 15 is 0 Å². The van der Waals surface area contributed by atoms with Crippen LogP contribution in [-0.4, -0.2) is 30.7 Å². The average molecular weight is 415 g/mol. The van der Waals surface area contributed by atoms with E-state index in [0.717, 1.165) is 15.7 Å². The molecule has 3 aromatic rings. The summed E-state index contributed by atoms with van der Waals surface area (Å²) in [7, 11) is -4.62. The van der Waals surface area contributed by atoms with Crippen molar-refractivity contribution >= 4 is 33.5 Å². The van der Waals surface area contributed by atoms with Gasteiger partial charge in [0.1, 0.15) is 5.82 Å². The van der Waals surface area contributed by atoms with Gasteiger partial charge < -0.3 is 9.31 Å². The molecule has 2 heterocycles. The zero-order valence-electron chi connectivity index (χ0n) is 17.1. The van der Waals surface area contributed by atoms with Crippen LogP contribution >= 0.6 is 0 Å². The van der Waals surface area contributed by atoms with Crippen LogP contribution in [0, 0.1) is 12.7 Å². The summed E-state index contributed by atoms with van der Waals surface area (Å²) in [5.41, 5.74) is 0.752. The van der Waals surface area contributed by atoms with E-state index in [0.29, 0.717) is 5.46 Å². The van der Waals surface area contributed by atoms with Crippen LogP contribution in [0.25, 0.3) is 10.9 Å². The van der Waals surface area contributed by atoms with Crippen LogP contribution in [0.5, 0.6) is 0 Å². The molecule has 1 saturated heterocycles. The number of aromatic nitrogens is 1. The van der Waals surface area contributed by atoms with Gasteiger partial charge in [-0.25, -0.2) is 16.8 Å². The molecule has 29 heavy (non-hydrogen) atoms. The standard InChI is InChI=1S/C21H23BFNO4S/c1-14-6-9-16(10-7-14)29(25,26)24-13-18(23)17-11-8-15(12-19(17)24)22-27-20(2,3)21(4,5)28-22/h6-13H,1-5H3. The van der Waals surface area contributed by atoms with Crippen LogP contribution in [0.3, 0.4) is 0 Å². The summed E-state index contributed by atoms with van der Waals surface area (Å²) >= 11 is 0. The summed E-state index contributed by atoms with van der Waals surface area (Å²) in [5.74, 6) is -0.601. The fourth-order valence-corrected chi connectivity index (χ4v) is 4.67. The predicted octanol–water partition coefficient (Wildman–Crippen LogP) is 3.63. The first-order valence-corrected chi connectivity index (χ1v) is 10.8. The van der Waals surface area contributed by atoms with Crippen molar-refractivity contribution in [2.75, 3.05) is 0 Å². The molecule has 0 saturated carbocycles. The molecule has 0 unspecified atom stereocenters. The van der Waals surface area contributed by atoms with Crippen LogP contribution < -0.4 is 5.46 Å². The SMILES string of the molecule is Cc1ccc(S(=O)(=O)n2cc(F)c3ccc(B4OC(C)(C)C(C)(C)O4)cc32)cc1. The van der Waals surface area contributed by atoms with Gasteiger partial charge in [0.2, 0.25) is 0 Å². The second kappa shape index (κ2) is 6.42. The number of nitrogens with zero attached hydrogens (tertiary/aromatic N) is 1. The van der Waals surface area contributed by atoms with Gasteiger partial charge in [-0.05, 0) is 58.3 Å². The molecule has 0 atom stereocenters. The van der Waals surface area contributed by atoms with Crippen LogP contribution in [0.1, 0.15) is 33.3 Å². The highest BCUT2D eigenvalue weighted by Gasteiger charge is 2.51. The third-order valence-corrected chi connectivity index (χ3v) is 7.54. The molecule has 1 fully saturated rings. The lowest BCUT2D eigenvalue weighted by molar-refractivity contribution is 0.00578. The molecule has 0 N–H and O–H groups in total. The van der Waals surface area contributed by atoms with Crippen LogP contribution in [0.2, 0.25) is 0 Å². The highest BCUT2D eigenvalue weighted by Crippen LogP contribution is 2.37. The molecule has 2 aromatic carbocycles. The lowest BCUT2D eigenvalue weighted by Crippen LogP contribution is -2.41. The Hall–Kier alpha value is -2.16. The molecule has 1 aliphatic rings. The lowest BCUT2D eigenvalue weighted by atomic mass is 9.79. The smallest absolute Gasteiger partial charge is 0.399 e. The average Bonchev–Trinajstić information content (AvgIpc) is 3.08. The number of aryl methyl sites for hydroxylation is 1. The molecule has 0 aliphatic carbocycles. The Morgan fingerprint density at radius 2 is 1.55 bits per heavy atom. The number of fused-ring (bicyclic) bond motifs is 1. The first kappa shape index (κ1) is 20.1. The fraction of sp³-hybridized carbons (Fsp3) is 0.333. The number of benzene rings is 2. The van der Waals surface area contributed by atoms with Crippen molar-refractivity contribution in [1.29, 1.82) is 0 Å². The molecule has 8 heteroatoms. The Balaban J connectivity index is 1.83. The number of hydrogen-bond donors (Lipinski definition) is 0. The van der Waals surface area contributed by atoms with E-state index in [1.54, 1.807) is 30.3 Å². The highest BCUT2D eigenvalue weighted by atomic mass is 32.2. The highest BCUT2D eigenvalue weighted by molar-refractivity contribution is 7.90. The van der Waals surface area contributed by atoms with Crippen molar-refractivity contribution in [3.05, 3.63) is 60.0 Å². The summed E-state index contributed by atoms with van der Waals surface area (Å²) in [4.78, 5) is 0.0982. The zero-order valence-corrected chi connectivity index (χ0v) is 17.9. The molecule has 152 valence electrons. The summed E-state index contributed by atoms with van der Waals surface area (Å²) < 4.78 is 53.9. The van der Waals surface area contributed by atoms with Gasteiger partial charge in [-0.15, -0.1) is 0 Å².